The molecule has 0 spiro atoms. The lowest BCUT2D eigenvalue weighted by Gasteiger charge is -2.33. The summed E-state index contributed by atoms with van der Waals surface area (Å²) in [5.74, 6) is 0. The Kier molecular flexibility index (Phi) is 5.08. The van der Waals surface area contributed by atoms with E-state index in [0.717, 1.165) is 30.4 Å². The molecule has 2 bridgehead atoms. The highest BCUT2D eigenvalue weighted by Crippen LogP contribution is 2.39. The van der Waals surface area contributed by atoms with Crippen molar-refractivity contribution in [1.82, 2.24) is 4.90 Å². The van der Waals surface area contributed by atoms with Gasteiger partial charge in [-0.05, 0) is 36.0 Å². The molecule has 3 aliphatic heterocycles. The average Bonchev–Trinajstić information content (AvgIpc) is 3.39. The Hall–Kier alpha value is -2.63. The van der Waals surface area contributed by atoms with Crippen molar-refractivity contribution in [2.24, 2.45) is 0 Å². The van der Waals surface area contributed by atoms with Gasteiger partial charge in [-0.25, -0.2) is 4.79 Å². The molecule has 5 nitrogen and oxygen atoms in total. The number of amides is 1. The van der Waals surface area contributed by atoms with Crippen LogP contribution in [0.5, 0.6) is 0 Å². The molecule has 2 unspecified atom stereocenters. The second-order valence-corrected chi connectivity index (χ2v) is 7.84. The lowest BCUT2D eigenvalue weighted by atomic mass is 9.94. The lowest BCUT2D eigenvalue weighted by molar-refractivity contribution is -0.0441. The van der Waals surface area contributed by atoms with E-state index in [-0.39, 0.29) is 24.5 Å². The van der Waals surface area contributed by atoms with Gasteiger partial charge in [0, 0.05) is 11.6 Å². The minimum Gasteiger partial charge on any atom is -0.445 e. The van der Waals surface area contributed by atoms with Crippen LogP contribution in [0.15, 0.2) is 60.7 Å². The number of fused-ring (bicyclic) bond motifs is 2. The maximum atomic E-state index is 12.7. The van der Waals surface area contributed by atoms with Crippen molar-refractivity contribution in [3.63, 3.8) is 0 Å². The minimum atomic E-state index is -0.240. The predicted octanol–water partition coefficient (Wildman–Crippen LogP) is 4.69. The van der Waals surface area contributed by atoms with Crippen molar-refractivity contribution in [1.29, 1.82) is 0 Å². The first kappa shape index (κ1) is 18.4. The average molecular weight is 391 g/mol. The molecular formula is C24H25NO4. The standard InChI is InChI=1S/C24H25NO4/c26-24(29-16-17-4-2-1-3-5-17)25-21-10-11-22(25)15-20(14-21)18-6-8-19(9-7-18)23-27-12-13-28-23/h1-9,14,21-23H,10-13,15-16H2. The summed E-state index contributed by atoms with van der Waals surface area (Å²) in [4.78, 5) is 14.6. The van der Waals surface area contributed by atoms with E-state index < -0.39 is 0 Å². The molecule has 0 N–H and O–H groups in total. The summed E-state index contributed by atoms with van der Waals surface area (Å²) in [5.41, 5.74) is 4.58. The Balaban J connectivity index is 1.26. The highest BCUT2D eigenvalue weighted by Gasteiger charge is 2.40. The molecule has 3 heterocycles. The van der Waals surface area contributed by atoms with Crippen molar-refractivity contribution < 1.29 is 19.0 Å². The van der Waals surface area contributed by atoms with E-state index in [0.29, 0.717) is 19.8 Å². The second-order valence-electron chi connectivity index (χ2n) is 7.84. The topological polar surface area (TPSA) is 48.0 Å². The van der Waals surface area contributed by atoms with E-state index in [1.54, 1.807) is 0 Å². The van der Waals surface area contributed by atoms with Crippen LogP contribution in [0.1, 0.15) is 42.2 Å². The SMILES string of the molecule is O=C(OCc1ccccc1)N1C2C=C(c3ccc(C4OCCO4)cc3)CC1CC2. The Morgan fingerprint density at radius 3 is 2.48 bits per heavy atom. The van der Waals surface area contributed by atoms with Gasteiger partial charge in [0.05, 0.1) is 19.3 Å². The molecule has 2 saturated heterocycles. The van der Waals surface area contributed by atoms with Gasteiger partial charge in [0.2, 0.25) is 0 Å². The molecular weight excluding hydrogens is 366 g/mol. The number of hydrogen-bond acceptors (Lipinski definition) is 4. The Morgan fingerprint density at radius 1 is 1.00 bits per heavy atom. The maximum absolute atomic E-state index is 12.7. The molecule has 5 rings (SSSR count). The fourth-order valence-corrected chi connectivity index (χ4v) is 4.53. The maximum Gasteiger partial charge on any atom is 0.410 e. The van der Waals surface area contributed by atoms with Crippen LogP contribution in [0.25, 0.3) is 5.57 Å². The molecule has 2 aromatic carbocycles. The quantitative estimate of drug-likeness (QED) is 0.759. The van der Waals surface area contributed by atoms with Gasteiger partial charge in [0.1, 0.15) is 6.61 Å². The van der Waals surface area contributed by atoms with Gasteiger partial charge in [-0.15, -0.1) is 0 Å². The summed E-state index contributed by atoms with van der Waals surface area (Å²) < 4.78 is 16.7. The number of carbonyl (C=O) groups excluding carboxylic acids is 1. The molecule has 2 fully saturated rings. The largest absolute Gasteiger partial charge is 0.445 e. The molecule has 5 heteroatoms. The molecule has 1 amide bonds. The molecule has 2 atom stereocenters. The first-order valence-electron chi connectivity index (χ1n) is 10.3. The van der Waals surface area contributed by atoms with Gasteiger partial charge in [-0.1, -0.05) is 60.7 Å². The minimum absolute atomic E-state index is 0.119. The van der Waals surface area contributed by atoms with E-state index in [4.69, 9.17) is 14.2 Å². The number of hydrogen-bond donors (Lipinski definition) is 0. The fourth-order valence-electron chi connectivity index (χ4n) is 4.53. The molecule has 3 aliphatic rings. The molecule has 0 aromatic heterocycles. The van der Waals surface area contributed by atoms with Gasteiger partial charge < -0.3 is 14.2 Å². The van der Waals surface area contributed by atoms with Gasteiger partial charge in [0.25, 0.3) is 0 Å². The Labute approximate surface area is 170 Å². The number of benzene rings is 2. The highest BCUT2D eigenvalue weighted by molar-refractivity contribution is 5.75. The molecule has 0 aliphatic carbocycles. The first-order chi connectivity index (χ1) is 14.3. The Bertz CT molecular complexity index is 887. The number of rotatable bonds is 4. The van der Waals surface area contributed by atoms with Gasteiger partial charge in [-0.2, -0.15) is 0 Å². The zero-order chi connectivity index (χ0) is 19.6. The van der Waals surface area contributed by atoms with Crippen molar-refractivity contribution in [2.45, 2.75) is 44.2 Å². The van der Waals surface area contributed by atoms with Crippen LogP contribution in [0.2, 0.25) is 0 Å². The smallest absolute Gasteiger partial charge is 0.410 e. The third kappa shape index (κ3) is 3.80. The van der Waals surface area contributed by atoms with Crippen LogP contribution in [0, 0.1) is 0 Å². The van der Waals surface area contributed by atoms with Crippen molar-refractivity contribution in [3.8, 4) is 0 Å². The summed E-state index contributed by atoms with van der Waals surface area (Å²) in [6, 6.07) is 18.6. The number of carbonyl (C=O) groups is 1. The molecule has 29 heavy (non-hydrogen) atoms. The van der Waals surface area contributed by atoms with Crippen LogP contribution in [-0.2, 0) is 20.8 Å². The van der Waals surface area contributed by atoms with E-state index in [9.17, 15) is 4.79 Å². The van der Waals surface area contributed by atoms with Crippen molar-refractivity contribution in [2.75, 3.05) is 13.2 Å². The zero-order valence-corrected chi connectivity index (χ0v) is 16.3. The van der Waals surface area contributed by atoms with Crippen molar-refractivity contribution in [3.05, 3.63) is 77.4 Å². The Morgan fingerprint density at radius 2 is 1.76 bits per heavy atom. The molecule has 0 saturated carbocycles. The van der Waals surface area contributed by atoms with Crippen LogP contribution in [-0.4, -0.2) is 36.3 Å². The summed E-state index contributed by atoms with van der Waals surface area (Å²) in [7, 11) is 0. The van der Waals surface area contributed by atoms with Crippen LogP contribution >= 0.6 is 0 Å². The summed E-state index contributed by atoms with van der Waals surface area (Å²) >= 11 is 0. The fraction of sp³-hybridized carbons (Fsp3) is 0.375. The summed E-state index contributed by atoms with van der Waals surface area (Å²) in [6.07, 6.45) is 4.68. The van der Waals surface area contributed by atoms with E-state index in [2.05, 4.69) is 30.3 Å². The van der Waals surface area contributed by atoms with Gasteiger partial charge in [0.15, 0.2) is 6.29 Å². The van der Waals surface area contributed by atoms with E-state index >= 15 is 0 Å². The molecule has 2 aromatic rings. The van der Waals surface area contributed by atoms with Crippen LogP contribution in [0.4, 0.5) is 4.79 Å². The lowest BCUT2D eigenvalue weighted by Crippen LogP contribution is -2.43. The van der Waals surface area contributed by atoms with Crippen molar-refractivity contribution >= 4 is 11.7 Å². The molecule has 0 radical (unpaired) electrons. The summed E-state index contributed by atoms with van der Waals surface area (Å²) in [6.45, 7) is 1.62. The predicted molar refractivity (Wildman–Crippen MR) is 109 cm³/mol. The number of nitrogens with zero attached hydrogens (tertiary/aromatic N) is 1. The molecule has 150 valence electrons. The third-order valence-corrected chi connectivity index (χ3v) is 5.99. The van der Waals surface area contributed by atoms with E-state index in [1.165, 1.54) is 11.1 Å². The first-order valence-corrected chi connectivity index (χ1v) is 10.3. The summed E-state index contributed by atoms with van der Waals surface area (Å²) in [5, 5.41) is 0. The van der Waals surface area contributed by atoms with Crippen LogP contribution in [0.3, 0.4) is 0 Å². The van der Waals surface area contributed by atoms with Crippen LogP contribution < -0.4 is 0 Å². The second kappa shape index (κ2) is 8.01. The normalized spacial score (nSPS) is 23.9. The number of ether oxygens (including phenoxy) is 3. The van der Waals surface area contributed by atoms with Gasteiger partial charge in [-0.3, -0.25) is 4.90 Å². The highest BCUT2D eigenvalue weighted by atomic mass is 16.7. The van der Waals surface area contributed by atoms with E-state index in [1.807, 2.05) is 35.2 Å². The van der Waals surface area contributed by atoms with Gasteiger partial charge >= 0.3 is 6.09 Å². The third-order valence-electron chi connectivity index (χ3n) is 5.99. The monoisotopic (exact) mass is 391 g/mol. The zero-order valence-electron chi connectivity index (χ0n) is 16.3.